The smallest absolute Gasteiger partial charge is 0.291 e. The van der Waals surface area contributed by atoms with Gasteiger partial charge in [-0.2, -0.15) is 5.10 Å². The Morgan fingerprint density at radius 1 is 0.964 bits per heavy atom. The van der Waals surface area contributed by atoms with Crippen molar-refractivity contribution in [1.29, 1.82) is 0 Å². The number of amides is 2. The molecule has 0 saturated carbocycles. The molecule has 0 bridgehead atoms. The number of aromatic amines is 1. The summed E-state index contributed by atoms with van der Waals surface area (Å²) < 4.78 is 5.56. The van der Waals surface area contributed by atoms with E-state index < -0.39 is 0 Å². The SMILES string of the molecule is Cc1n[nH]c(C)c1NC(=O)c1ccc(NC(=O)c2cc3ccccc3o2)cc1. The van der Waals surface area contributed by atoms with E-state index >= 15 is 0 Å². The second-order valence-electron chi connectivity index (χ2n) is 6.44. The molecular formula is C21H18N4O3. The number of aryl methyl sites for hydroxylation is 2. The fourth-order valence-electron chi connectivity index (χ4n) is 2.91. The summed E-state index contributed by atoms with van der Waals surface area (Å²) in [5, 5.41) is 13.4. The van der Waals surface area contributed by atoms with Crippen LogP contribution in [-0.2, 0) is 0 Å². The Morgan fingerprint density at radius 2 is 1.71 bits per heavy atom. The minimum absolute atomic E-state index is 0.230. The van der Waals surface area contributed by atoms with Gasteiger partial charge in [0.1, 0.15) is 5.58 Å². The van der Waals surface area contributed by atoms with Gasteiger partial charge in [0.05, 0.1) is 17.1 Å². The van der Waals surface area contributed by atoms with E-state index in [1.165, 1.54) is 0 Å². The normalized spacial score (nSPS) is 10.8. The van der Waals surface area contributed by atoms with Crippen molar-refractivity contribution >= 4 is 34.2 Å². The average Bonchev–Trinajstić information content (AvgIpc) is 3.27. The number of para-hydroxylation sites is 1. The summed E-state index contributed by atoms with van der Waals surface area (Å²) in [6.45, 7) is 3.65. The van der Waals surface area contributed by atoms with Crippen LogP contribution in [0, 0.1) is 13.8 Å². The van der Waals surface area contributed by atoms with Gasteiger partial charge >= 0.3 is 0 Å². The van der Waals surface area contributed by atoms with Gasteiger partial charge in [0.15, 0.2) is 5.76 Å². The van der Waals surface area contributed by atoms with Gasteiger partial charge in [-0.05, 0) is 50.2 Å². The predicted octanol–water partition coefficient (Wildman–Crippen LogP) is 4.28. The first-order chi connectivity index (χ1) is 13.5. The van der Waals surface area contributed by atoms with Crippen LogP contribution in [0.5, 0.6) is 0 Å². The van der Waals surface area contributed by atoms with Crippen LogP contribution >= 0.6 is 0 Å². The van der Waals surface area contributed by atoms with Gasteiger partial charge in [0.2, 0.25) is 0 Å². The molecule has 0 radical (unpaired) electrons. The summed E-state index contributed by atoms with van der Waals surface area (Å²) in [6, 6.07) is 15.8. The molecule has 3 N–H and O–H groups in total. The van der Waals surface area contributed by atoms with Crippen LogP contribution in [0.15, 0.2) is 59.0 Å². The Bertz CT molecular complexity index is 1120. The lowest BCUT2D eigenvalue weighted by Crippen LogP contribution is -2.14. The summed E-state index contributed by atoms with van der Waals surface area (Å²) in [5.74, 6) is -0.366. The van der Waals surface area contributed by atoms with Crippen LogP contribution < -0.4 is 10.6 Å². The summed E-state index contributed by atoms with van der Waals surface area (Å²) in [6.07, 6.45) is 0. The monoisotopic (exact) mass is 374 g/mol. The Balaban J connectivity index is 1.45. The number of aromatic nitrogens is 2. The first-order valence-electron chi connectivity index (χ1n) is 8.74. The highest BCUT2D eigenvalue weighted by Gasteiger charge is 2.14. The van der Waals surface area contributed by atoms with Crippen molar-refractivity contribution in [2.45, 2.75) is 13.8 Å². The van der Waals surface area contributed by atoms with Crippen molar-refractivity contribution in [3.05, 3.63) is 77.3 Å². The number of H-pyrrole nitrogens is 1. The van der Waals surface area contributed by atoms with Gasteiger partial charge in [-0.3, -0.25) is 14.7 Å². The lowest BCUT2D eigenvalue weighted by Gasteiger charge is -2.07. The van der Waals surface area contributed by atoms with E-state index in [9.17, 15) is 9.59 Å². The Hall–Kier alpha value is -3.87. The van der Waals surface area contributed by atoms with Crippen molar-refractivity contribution in [2.75, 3.05) is 10.6 Å². The van der Waals surface area contributed by atoms with Gasteiger partial charge in [-0.1, -0.05) is 18.2 Å². The highest BCUT2D eigenvalue weighted by atomic mass is 16.3. The molecule has 2 amide bonds. The number of hydrogen-bond acceptors (Lipinski definition) is 4. The maximum absolute atomic E-state index is 12.4. The summed E-state index contributed by atoms with van der Waals surface area (Å²) in [5.41, 5.74) is 3.89. The van der Waals surface area contributed by atoms with Gasteiger partial charge in [-0.15, -0.1) is 0 Å². The number of nitrogens with one attached hydrogen (secondary N) is 3. The molecule has 0 unspecified atom stereocenters. The van der Waals surface area contributed by atoms with Crippen LogP contribution in [0.3, 0.4) is 0 Å². The van der Waals surface area contributed by atoms with Crippen LogP contribution in [0.1, 0.15) is 32.3 Å². The van der Waals surface area contributed by atoms with Gasteiger partial charge < -0.3 is 15.1 Å². The minimum atomic E-state index is -0.349. The zero-order valence-electron chi connectivity index (χ0n) is 15.4. The fraction of sp³-hybridized carbons (Fsp3) is 0.0952. The molecule has 0 aliphatic heterocycles. The van der Waals surface area contributed by atoms with Crippen molar-refractivity contribution in [1.82, 2.24) is 10.2 Å². The average molecular weight is 374 g/mol. The lowest BCUT2D eigenvalue weighted by molar-refractivity contribution is 0.0997. The van der Waals surface area contributed by atoms with Crippen molar-refractivity contribution in [3.8, 4) is 0 Å². The van der Waals surface area contributed by atoms with E-state index in [2.05, 4.69) is 20.8 Å². The maximum Gasteiger partial charge on any atom is 0.291 e. The summed E-state index contributed by atoms with van der Waals surface area (Å²) in [7, 11) is 0. The van der Waals surface area contributed by atoms with Crippen molar-refractivity contribution < 1.29 is 14.0 Å². The zero-order valence-corrected chi connectivity index (χ0v) is 15.4. The molecule has 2 aromatic heterocycles. The first-order valence-corrected chi connectivity index (χ1v) is 8.74. The number of rotatable bonds is 4. The molecule has 2 heterocycles. The third-order valence-corrected chi connectivity index (χ3v) is 4.42. The van der Waals surface area contributed by atoms with E-state index in [1.54, 1.807) is 30.3 Å². The Kier molecular flexibility index (Phi) is 4.41. The third kappa shape index (κ3) is 3.37. The number of hydrogen-bond donors (Lipinski definition) is 3. The molecule has 0 aliphatic carbocycles. The second-order valence-corrected chi connectivity index (χ2v) is 6.44. The highest BCUT2D eigenvalue weighted by molar-refractivity contribution is 6.06. The summed E-state index contributed by atoms with van der Waals surface area (Å²) >= 11 is 0. The Labute approximate surface area is 160 Å². The topological polar surface area (TPSA) is 100 Å². The van der Waals surface area contributed by atoms with Crippen molar-refractivity contribution in [3.63, 3.8) is 0 Å². The molecule has 0 spiro atoms. The van der Waals surface area contributed by atoms with Gasteiger partial charge in [-0.25, -0.2) is 0 Å². The van der Waals surface area contributed by atoms with Crippen LogP contribution in [-0.4, -0.2) is 22.0 Å². The number of benzene rings is 2. The molecule has 7 heteroatoms. The molecule has 0 aliphatic rings. The molecule has 2 aromatic carbocycles. The Morgan fingerprint density at radius 3 is 2.39 bits per heavy atom. The van der Waals surface area contributed by atoms with E-state index in [-0.39, 0.29) is 17.6 Å². The van der Waals surface area contributed by atoms with Gasteiger partial charge in [0, 0.05) is 16.6 Å². The number of carbonyl (C=O) groups is 2. The highest BCUT2D eigenvalue weighted by Crippen LogP contribution is 2.21. The third-order valence-electron chi connectivity index (χ3n) is 4.42. The molecule has 4 aromatic rings. The quantitative estimate of drug-likeness (QED) is 0.496. The van der Waals surface area contributed by atoms with Gasteiger partial charge in [0.25, 0.3) is 11.8 Å². The fourth-order valence-corrected chi connectivity index (χ4v) is 2.91. The molecule has 4 rings (SSSR count). The van der Waals surface area contributed by atoms with Crippen LogP contribution in [0.25, 0.3) is 11.0 Å². The number of fused-ring (bicyclic) bond motifs is 1. The van der Waals surface area contributed by atoms with E-state index in [0.717, 1.165) is 16.8 Å². The van der Waals surface area contributed by atoms with Crippen LogP contribution in [0.2, 0.25) is 0 Å². The lowest BCUT2D eigenvalue weighted by atomic mass is 10.2. The molecule has 140 valence electrons. The number of anilines is 2. The molecule has 0 fully saturated rings. The summed E-state index contributed by atoms with van der Waals surface area (Å²) in [4.78, 5) is 24.8. The number of furan rings is 1. The predicted molar refractivity (Wildman–Crippen MR) is 107 cm³/mol. The van der Waals surface area contributed by atoms with E-state index in [1.807, 2.05) is 38.1 Å². The van der Waals surface area contributed by atoms with Crippen molar-refractivity contribution in [2.24, 2.45) is 0 Å². The van der Waals surface area contributed by atoms with E-state index in [0.29, 0.717) is 22.5 Å². The molecule has 7 nitrogen and oxygen atoms in total. The van der Waals surface area contributed by atoms with Crippen LogP contribution in [0.4, 0.5) is 11.4 Å². The first kappa shape index (κ1) is 17.5. The number of carbonyl (C=O) groups excluding carboxylic acids is 2. The standard InChI is InChI=1S/C21H18N4O3/c1-12-19(13(2)25-24-12)23-20(26)14-7-9-16(10-8-14)22-21(27)18-11-15-5-3-4-6-17(15)28-18/h3-11H,1-2H3,(H,22,27)(H,23,26)(H,24,25). The second kappa shape index (κ2) is 7.03. The molecule has 0 atom stereocenters. The minimum Gasteiger partial charge on any atom is -0.451 e. The molecule has 28 heavy (non-hydrogen) atoms. The largest absolute Gasteiger partial charge is 0.451 e. The molecular weight excluding hydrogens is 356 g/mol. The maximum atomic E-state index is 12.4. The number of nitrogens with zero attached hydrogens (tertiary/aromatic N) is 1. The molecule has 0 saturated heterocycles. The zero-order chi connectivity index (χ0) is 19.7. The van der Waals surface area contributed by atoms with E-state index in [4.69, 9.17) is 4.42 Å².